The predicted molar refractivity (Wildman–Crippen MR) is 137 cm³/mol. The first-order valence-electron chi connectivity index (χ1n) is 11.5. The highest BCUT2D eigenvalue weighted by atomic mass is 16.4. The fourth-order valence-electron chi connectivity index (χ4n) is 4.15. The lowest BCUT2D eigenvalue weighted by Gasteiger charge is -2.17. The first kappa shape index (κ1) is 23.2. The molecule has 36 heavy (non-hydrogen) atoms. The minimum Gasteiger partial charge on any atom is -0.478 e. The Morgan fingerprint density at radius 1 is 1.06 bits per heavy atom. The highest BCUT2D eigenvalue weighted by molar-refractivity contribution is 5.90. The van der Waals surface area contributed by atoms with E-state index in [1.807, 2.05) is 30.1 Å². The van der Waals surface area contributed by atoms with Crippen molar-refractivity contribution in [2.45, 2.75) is 13.0 Å². The molecule has 3 N–H and O–H groups in total. The van der Waals surface area contributed by atoms with Gasteiger partial charge in [-0.15, -0.1) is 15.0 Å². The molecule has 0 amide bonds. The van der Waals surface area contributed by atoms with E-state index in [-0.39, 0.29) is 11.3 Å². The zero-order valence-electron chi connectivity index (χ0n) is 20.0. The van der Waals surface area contributed by atoms with Crippen molar-refractivity contribution in [2.75, 3.05) is 19.3 Å². The zero-order valence-corrected chi connectivity index (χ0v) is 20.0. The number of carboxylic acids is 1. The van der Waals surface area contributed by atoms with Crippen LogP contribution in [-0.2, 0) is 20.0 Å². The molecule has 3 aromatic carbocycles. The summed E-state index contributed by atoms with van der Waals surface area (Å²) in [5, 5.41) is 27.2. The number of nitrogen functional groups attached to an aromatic ring is 1. The number of benzene rings is 3. The van der Waals surface area contributed by atoms with Crippen LogP contribution in [0.4, 0.5) is 5.69 Å². The van der Waals surface area contributed by atoms with E-state index in [1.165, 1.54) is 28.1 Å². The maximum absolute atomic E-state index is 11.1. The molecule has 0 saturated heterocycles. The Bertz CT molecular complexity index is 1540. The van der Waals surface area contributed by atoms with Crippen LogP contribution < -0.4 is 5.73 Å². The fourth-order valence-corrected chi connectivity index (χ4v) is 4.15. The molecule has 0 aliphatic rings. The van der Waals surface area contributed by atoms with Crippen LogP contribution in [0.5, 0.6) is 0 Å². The largest absolute Gasteiger partial charge is 0.478 e. The summed E-state index contributed by atoms with van der Waals surface area (Å²) >= 11 is 0. The number of tetrazole rings is 1. The maximum Gasteiger partial charge on any atom is 0.335 e. The summed E-state index contributed by atoms with van der Waals surface area (Å²) in [5.74, 6) is -0.706. The third-order valence-electron chi connectivity index (χ3n) is 6.17. The van der Waals surface area contributed by atoms with E-state index < -0.39 is 5.97 Å². The third kappa shape index (κ3) is 4.80. The molecule has 10 heteroatoms. The monoisotopic (exact) mass is 482 g/mol. The van der Waals surface area contributed by atoms with E-state index in [1.54, 1.807) is 6.07 Å². The number of anilines is 1. The molecule has 2 aromatic heterocycles. The number of aromatic nitrogens is 6. The van der Waals surface area contributed by atoms with Crippen LogP contribution >= 0.6 is 0 Å². The van der Waals surface area contributed by atoms with Gasteiger partial charge in [-0.1, -0.05) is 18.2 Å². The number of likely N-dealkylation sites (N-methyl/N-ethyl adjacent to an activating group) is 1. The standard InChI is InChI=1S/C26H26N8O2/c1-32(16-18-5-10-24-20(13-18)15-28-33(24)2)12-11-17-3-7-21(8-4-17)34-30-25(29-31-34)22-9-6-19(26(35)36)14-23(22)27/h3-10,13-15H,11-12,16,27H2,1-2H3,(H,35,36). The van der Waals surface area contributed by atoms with Crippen LogP contribution in [0.15, 0.2) is 66.9 Å². The number of aromatic carboxylic acids is 1. The van der Waals surface area contributed by atoms with Gasteiger partial charge in [0.05, 0.1) is 23.0 Å². The SMILES string of the molecule is CN(CCc1ccc(-n2nnc(-c3ccc(C(=O)O)cc3N)n2)cc1)Cc1ccc2c(cnn2C)c1. The average Bonchev–Trinajstić information content (AvgIpc) is 3.50. The minimum absolute atomic E-state index is 0.111. The van der Waals surface area contributed by atoms with Crippen molar-refractivity contribution in [2.24, 2.45) is 7.05 Å². The molecule has 0 atom stereocenters. The lowest BCUT2D eigenvalue weighted by atomic mass is 10.1. The molecule has 0 aliphatic carbocycles. The molecular formula is C26H26N8O2. The second-order valence-electron chi connectivity index (χ2n) is 8.83. The first-order chi connectivity index (χ1) is 17.4. The zero-order chi connectivity index (χ0) is 25.2. The number of carbonyl (C=O) groups is 1. The number of carboxylic acid groups (broad SMARTS) is 1. The molecule has 182 valence electrons. The highest BCUT2D eigenvalue weighted by Gasteiger charge is 2.13. The van der Waals surface area contributed by atoms with Crippen molar-refractivity contribution in [1.29, 1.82) is 0 Å². The van der Waals surface area contributed by atoms with Gasteiger partial charge in [0.15, 0.2) is 0 Å². The third-order valence-corrected chi connectivity index (χ3v) is 6.17. The number of hydrogen-bond donors (Lipinski definition) is 2. The molecular weight excluding hydrogens is 456 g/mol. The summed E-state index contributed by atoms with van der Waals surface area (Å²) in [6, 6.07) is 18.9. The first-order valence-corrected chi connectivity index (χ1v) is 11.5. The van der Waals surface area contributed by atoms with Crippen LogP contribution in [-0.4, -0.2) is 59.6 Å². The molecule has 0 fully saturated rings. The molecule has 0 spiro atoms. The molecule has 10 nitrogen and oxygen atoms in total. The van der Waals surface area contributed by atoms with Gasteiger partial charge in [0.2, 0.25) is 5.82 Å². The lowest BCUT2D eigenvalue weighted by Crippen LogP contribution is -2.20. The Morgan fingerprint density at radius 3 is 2.58 bits per heavy atom. The summed E-state index contributed by atoms with van der Waals surface area (Å²) in [4.78, 5) is 14.9. The Labute approximate surface area is 207 Å². The molecule has 5 rings (SSSR count). The van der Waals surface area contributed by atoms with Gasteiger partial charge in [-0.2, -0.15) is 5.10 Å². The van der Waals surface area contributed by atoms with Crippen LogP contribution in [0.1, 0.15) is 21.5 Å². The van der Waals surface area contributed by atoms with Crippen LogP contribution in [0.2, 0.25) is 0 Å². The molecule has 0 saturated carbocycles. The quantitative estimate of drug-likeness (QED) is 0.323. The smallest absolute Gasteiger partial charge is 0.335 e. The highest BCUT2D eigenvalue weighted by Crippen LogP contribution is 2.24. The van der Waals surface area contributed by atoms with Crippen LogP contribution in [0.25, 0.3) is 28.0 Å². The van der Waals surface area contributed by atoms with Gasteiger partial charge < -0.3 is 15.7 Å². The molecule has 2 heterocycles. The molecule has 0 unspecified atom stereocenters. The fraction of sp³-hybridized carbons (Fsp3) is 0.192. The van der Waals surface area contributed by atoms with Crippen LogP contribution in [0.3, 0.4) is 0 Å². The van der Waals surface area contributed by atoms with E-state index in [2.05, 4.69) is 62.8 Å². The van der Waals surface area contributed by atoms with E-state index in [0.29, 0.717) is 11.4 Å². The van der Waals surface area contributed by atoms with Crippen molar-refractivity contribution in [3.05, 3.63) is 83.6 Å². The number of nitrogens with zero attached hydrogens (tertiary/aromatic N) is 7. The predicted octanol–water partition coefficient (Wildman–Crippen LogP) is 3.17. The second-order valence-corrected chi connectivity index (χ2v) is 8.83. The molecule has 0 radical (unpaired) electrons. The van der Waals surface area contributed by atoms with Gasteiger partial charge in [-0.3, -0.25) is 4.68 Å². The molecule has 0 bridgehead atoms. The molecule has 5 aromatic rings. The lowest BCUT2D eigenvalue weighted by molar-refractivity contribution is 0.0697. The topological polar surface area (TPSA) is 128 Å². The number of rotatable bonds is 8. The van der Waals surface area contributed by atoms with Crippen molar-refractivity contribution in [3.63, 3.8) is 0 Å². The Kier molecular flexibility index (Phi) is 6.17. The van der Waals surface area contributed by atoms with E-state index >= 15 is 0 Å². The van der Waals surface area contributed by atoms with Gasteiger partial charge in [0.1, 0.15) is 0 Å². The van der Waals surface area contributed by atoms with Gasteiger partial charge in [-0.25, -0.2) is 4.79 Å². The summed E-state index contributed by atoms with van der Waals surface area (Å²) in [6.45, 7) is 1.78. The summed E-state index contributed by atoms with van der Waals surface area (Å²) in [5.41, 5.74) is 11.3. The average molecular weight is 483 g/mol. The minimum atomic E-state index is -1.04. The Balaban J connectivity index is 1.20. The van der Waals surface area contributed by atoms with Crippen molar-refractivity contribution in [3.8, 4) is 17.1 Å². The maximum atomic E-state index is 11.1. The van der Waals surface area contributed by atoms with E-state index in [4.69, 9.17) is 10.8 Å². The number of nitrogens with two attached hydrogens (primary N) is 1. The van der Waals surface area contributed by atoms with Crippen molar-refractivity contribution < 1.29 is 9.90 Å². The van der Waals surface area contributed by atoms with Gasteiger partial charge in [0.25, 0.3) is 0 Å². The number of fused-ring (bicyclic) bond motifs is 1. The van der Waals surface area contributed by atoms with Crippen molar-refractivity contribution >= 4 is 22.6 Å². The van der Waals surface area contributed by atoms with Crippen LogP contribution in [0, 0.1) is 0 Å². The summed E-state index contributed by atoms with van der Waals surface area (Å²) in [6.07, 6.45) is 2.81. The van der Waals surface area contributed by atoms with Gasteiger partial charge >= 0.3 is 5.97 Å². The van der Waals surface area contributed by atoms with Gasteiger partial charge in [-0.05, 0) is 72.3 Å². The summed E-state index contributed by atoms with van der Waals surface area (Å²) < 4.78 is 1.89. The van der Waals surface area contributed by atoms with Crippen molar-refractivity contribution in [1.82, 2.24) is 34.9 Å². The van der Waals surface area contributed by atoms with Gasteiger partial charge in [0, 0.05) is 36.8 Å². The number of aryl methyl sites for hydroxylation is 1. The summed E-state index contributed by atoms with van der Waals surface area (Å²) in [7, 11) is 4.08. The Hall–Kier alpha value is -4.57. The number of hydrogen-bond acceptors (Lipinski definition) is 7. The normalized spacial score (nSPS) is 11.4. The van der Waals surface area contributed by atoms with E-state index in [0.717, 1.165) is 36.1 Å². The second kappa shape index (κ2) is 9.59. The Morgan fingerprint density at radius 2 is 1.83 bits per heavy atom. The molecule has 0 aliphatic heterocycles. The van der Waals surface area contributed by atoms with E-state index in [9.17, 15) is 4.79 Å².